The Morgan fingerprint density at radius 2 is 1.74 bits per heavy atom. The van der Waals surface area contributed by atoms with E-state index < -0.39 is 0 Å². The van der Waals surface area contributed by atoms with Gasteiger partial charge in [0.1, 0.15) is 5.75 Å². The van der Waals surface area contributed by atoms with Gasteiger partial charge in [0.2, 0.25) is 5.91 Å². The molecule has 5 nitrogen and oxygen atoms in total. The maximum absolute atomic E-state index is 12.1. The molecule has 0 radical (unpaired) electrons. The Balaban J connectivity index is 2.32. The zero-order chi connectivity index (χ0) is 17.5. The van der Waals surface area contributed by atoms with Gasteiger partial charge in [-0.3, -0.25) is 9.59 Å². The van der Waals surface area contributed by atoms with Crippen LogP contribution in [-0.4, -0.2) is 49.9 Å². The molecule has 0 atom stereocenters. The molecule has 1 N–H and O–H groups in total. The number of nitrogens with one attached hydrogen (secondary N) is 1. The van der Waals surface area contributed by atoms with Gasteiger partial charge in [-0.15, -0.1) is 0 Å². The van der Waals surface area contributed by atoms with E-state index in [-0.39, 0.29) is 17.2 Å². The van der Waals surface area contributed by atoms with Crippen molar-refractivity contribution >= 4 is 11.7 Å². The Kier molecular flexibility index (Phi) is 7.23. The first-order valence-corrected chi connectivity index (χ1v) is 7.87. The standard InChI is InChI=1S/C18H28N2O3/c1-18(2,20(3)4)13-19-17(22)8-6-7-16(21)14-9-11-15(23-5)12-10-14/h9-12H,6-8,13H2,1-5H3,(H,19,22). The van der Waals surface area contributed by atoms with E-state index in [1.165, 1.54) is 0 Å². The predicted molar refractivity (Wildman–Crippen MR) is 92.0 cm³/mol. The van der Waals surface area contributed by atoms with Crippen molar-refractivity contribution in [1.29, 1.82) is 0 Å². The highest BCUT2D eigenvalue weighted by molar-refractivity contribution is 5.96. The SMILES string of the molecule is COc1ccc(C(=O)CCCC(=O)NCC(C)(C)N(C)C)cc1. The molecule has 0 unspecified atom stereocenters. The topological polar surface area (TPSA) is 58.6 Å². The second-order valence-corrected chi connectivity index (χ2v) is 6.49. The molecule has 0 saturated carbocycles. The van der Waals surface area contributed by atoms with E-state index in [4.69, 9.17) is 4.74 Å². The van der Waals surface area contributed by atoms with Crippen molar-refractivity contribution in [2.75, 3.05) is 27.7 Å². The maximum Gasteiger partial charge on any atom is 0.220 e. The first-order chi connectivity index (χ1) is 10.8. The summed E-state index contributed by atoms with van der Waals surface area (Å²) in [6.45, 7) is 4.73. The van der Waals surface area contributed by atoms with Crippen LogP contribution in [0.5, 0.6) is 5.75 Å². The van der Waals surface area contributed by atoms with Crippen molar-refractivity contribution in [2.45, 2.75) is 38.6 Å². The number of benzene rings is 1. The lowest BCUT2D eigenvalue weighted by atomic mass is 10.0. The summed E-state index contributed by atoms with van der Waals surface area (Å²) in [7, 11) is 5.56. The number of carbonyl (C=O) groups excluding carboxylic acids is 2. The molecule has 0 spiro atoms. The van der Waals surface area contributed by atoms with E-state index in [9.17, 15) is 9.59 Å². The third-order valence-corrected chi connectivity index (χ3v) is 4.15. The fourth-order valence-corrected chi connectivity index (χ4v) is 1.89. The van der Waals surface area contributed by atoms with Crippen LogP contribution in [0.1, 0.15) is 43.5 Å². The van der Waals surface area contributed by atoms with Crippen molar-refractivity contribution in [3.05, 3.63) is 29.8 Å². The van der Waals surface area contributed by atoms with Crippen LogP contribution in [0, 0.1) is 0 Å². The van der Waals surface area contributed by atoms with Gasteiger partial charge in [0.15, 0.2) is 5.78 Å². The fraction of sp³-hybridized carbons (Fsp3) is 0.556. The van der Waals surface area contributed by atoms with E-state index in [0.29, 0.717) is 31.4 Å². The van der Waals surface area contributed by atoms with Gasteiger partial charge in [-0.05, 0) is 58.6 Å². The molecular weight excluding hydrogens is 292 g/mol. The summed E-state index contributed by atoms with van der Waals surface area (Å²) in [5.41, 5.74) is 0.564. The molecule has 1 amide bonds. The minimum atomic E-state index is -0.0887. The van der Waals surface area contributed by atoms with Gasteiger partial charge in [0.25, 0.3) is 0 Å². The van der Waals surface area contributed by atoms with E-state index in [1.54, 1.807) is 31.4 Å². The van der Waals surface area contributed by atoms with Crippen LogP contribution in [-0.2, 0) is 4.79 Å². The normalized spacial score (nSPS) is 11.4. The molecule has 0 aliphatic heterocycles. The molecule has 0 aromatic heterocycles. The van der Waals surface area contributed by atoms with Gasteiger partial charge in [0, 0.05) is 30.5 Å². The number of amides is 1. The molecule has 0 aliphatic rings. The molecule has 1 rings (SSSR count). The average Bonchev–Trinajstić information content (AvgIpc) is 2.52. The zero-order valence-corrected chi connectivity index (χ0v) is 14.8. The third kappa shape index (κ3) is 6.40. The van der Waals surface area contributed by atoms with E-state index >= 15 is 0 Å². The van der Waals surface area contributed by atoms with Gasteiger partial charge in [0.05, 0.1) is 7.11 Å². The van der Waals surface area contributed by atoms with Crippen molar-refractivity contribution in [3.8, 4) is 5.75 Å². The highest BCUT2D eigenvalue weighted by Crippen LogP contribution is 2.14. The molecule has 0 saturated heterocycles. The highest BCUT2D eigenvalue weighted by Gasteiger charge is 2.20. The Hall–Kier alpha value is -1.88. The zero-order valence-electron chi connectivity index (χ0n) is 14.8. The Labute approximate surface area is 139 Å². The number of likely N-dealkylation sites (N-methyl/N-ethyl adjacent to an activating group) is 1. The molecule has 1 aromatic rings. The molecule has 0 aliphatic carbocycles. The summed E-state index contributed by atoms with van der Waals surface area (Å²) >= 11 is 0. The molecule has 128 valence electrons. The number of methoxy groups -OCH3 is 1. The quantitative estimate of drug-likeness (QED) is 0.710. The lowest BCUT2D eigenvalue weighted by molar-refractivity contribution is -0.121. The van der Waals surface area contributed by atoms with Crippen molar-refractivity contribution in [2.24, 2.45) is 0 Å². The average molecular weight is 320 g/mol. The van der Waals surface area contributed by atoms with Crippen LogP contribution in [0.3, 0.4) is 0 Å². The van der Waals surface area contributed by atoms with Crippen LogP contribution in [0.4, 0.5) is 0 Å². The summed E-state index contributed by atoms with van der Waals surface area (Å²) in [6, 6.07) is 7.04. The Morgan fingerprint density at radius 3 is 2.26 bits per heavy atom. The predicted octanol–water partition coefficient (Wildman–Crippen LogP) is 2.50. The molecular formula is C18H28N2O3. The van der Waals surface area contributed by atoms with E-state index in [2.05, 4.69) is 24.1 Å². The number of carbonyl (C=O) groups is 2. The lowest BCUT2D eigenvalue weighted by Gasteiger charge is -2.32. The lowest BCUT2D eigenvalue weighted by Crippen LogP contribution is -2.48. The van der Waals surface area contributed by atoms with Gasteiger partial charge in [-0.2, -0.15) is 0 Å². The van der Waals surface area contributed by atoms with E-state index in [0.717, 1.165) is 5.75 Å². The summed E-state index contributed by atoms with van der Waals surface area (Å²) in [6.07, 6.45) is 1.29. The van der Waals surface area contributed by atoms with Gasteiger partial charge in [-0.25, -0.2) is 0 Å². The summed E-state index contributed by atoms with van der Waals surface area (Å²) in [5, 5.41) is 2.92. The fourth-order valence-electron chi connectivity index (χ4n) is 1.89. The number of ketones is 1. The van der Waals surface area contributed by atoms with Crippen LogP contribution in [0.25, 0.3) is 0 Å². The third-order valence-electron chi connectivity index (χ3n) is 4.15. The summed E-state index contributed by atoms with van der Waals surface area (Å²) in [4.78, 5) is 26.0. The van der Waals surface area contributed by atoms with Crippen LogP contribution in [0.15, 0.2) is 24.3 Å². The smallest absolute Gasteiger partial charge is 0.220 e. The molecule has 0 fully saturated rings. The number of ether oxygens (including phenoxy) is 1. The van der Waals surface area contributed by atoms with Crippen LogP contribution < -0.4 is 10.1 Å². The Morgan fingerprint density at radius 1 is 1.13 bits per heavy atom. The number of hydrogen-bond acceptors (Lipinski definition) is 4. The van der Waals surface area contributed by atoms with Gasteiger partial charge in [-0.1, -0.05) is 0 Å². The molecule has 23 heavy (non-hydrogen) atoms. The van der Waals surface area contributed by atoms with Crippen LogP contribution >= 0.6 is 0 Å². The number of nitrogens with zero attached hydrogens (tertiary/aromatic N) is 1. The van der Waals surface area contributed by atoms with Crippen molar-refractivity contribution in [3.63, 3.8) is 0 Å². The van der Waals surface area contributed by atoms with Crippen molar-refractivity contribution < 1.29 is 14.3 Å². The largest absolute Gasteiger partial charge is 0.497 e. The minimum Gasteiger partial charge on any atom is -0.497 e. The first-order valence-electron chi connectivity index (χ1n) is 7.87. The van der Waals surface area contributed by atoms with Gasteiger partial charge >= 0.3 is 0 Å². The number of rotatable bonds is 9. The summed E-state index contributed by atoms with van der Waals surface area (Å²) in [5.74, 6) is 0.765. The van der Waals surface area contributed by atoms with Gasteiger partial charge < -0.3 is 15.0 Å². The first kappa shape index (κ1) is 19.2. The second-order valence-electron chi connectivity index (χ2n) is 6.49. The molecule has 0 bridgehead atoms. The second kappa shape index (κ2) is 8.67. The maximum atomic E-state index is 12.1. The van der Waals surface area contributed by atoms with Crippen molar-refractivity contribution in [1.82, 2.24) is 10.2 Å². The molecule has 1 aromatic carbocycles. The number of hydrogen-bond donors (Lipinski definition) is 1. The monoisotopic (exact) mass is 320 g/mol. The molecule has 5 heteroatoms. The van der Waals surface area contributed by atoms with E-state index in [1.807, 2.05) is 14.1 Å². The minimum absolute atomic E-state index is 0.0116. The summed E-state index contributed by atoms with van der Waals surface area (Å²) < 4.78 is 5.06. The Bertz CT molecular complexity index is 522. The highest BCUT2D eigenvalue weighted by atomic mass is 16.5. The molecule has 0 heterocycles. The van der Waals surface area contributed by atoms with Crippen LogP contribution in [0.2, 0.25) is 0 Å². The number of Topliss-reactive ketones (excluding diaryl/α,β-unsaturated/α-hetero) is 1.